The van der Waals surface area contributed by atoms with Gasteiger partial charge in [0.25, 0.3) is 0 Å². The molecule has 0 fully saturated rings. The van der Waals surface area contributed by atoms with E-state index in [9.17, 15) is 13.5 Å². The normalized spacial score (nSPS) is 11.5. The van der Waals surface area contributed by atoms with Crippen LogP contribution in [0.2, 0.25) is 0 Å². The predicted molar refractivity (Wildman–Crippen MR) is 95.5 cm³/mol. The number of ether oxygens (including phenoxy) is 1. The van der Waals surface area contributed by atoms with Crippen molar-refractivity contribution in [3.63, 3.8) is 0 Å². The van der Waals surface area contributed by atoms with Crippen molar-refractivity contribution in [3.8, 4) is 11.5 Å². The molecule has 0 bridgehead atoms. The minimum absolute atomic E-state index is 0.105. The second-order valence-electron chi connectivity index (χ2n) is 5.18. The molecular weight excluding hydrogens is 360 g/mol. The van der Waals surface area contributed by atoms with Crippen molar-refractivity contribution in [2.75, 3.05) is 7.11 Å². The van der Waals surface area contributed by atoms with E-state index in [0.29, 0.717) is 10.7 Å². The summed E-state index contributed by atoms with van der Waals surface area (Å²) in [5.41, 5.74) is 6.61. The molecule has 0 saturated heterocycles. The summed E-state index contributed by atoms with van der Waals surface area (Å²) in [5.74, 6) is -0.600. The van der Waals surface area contributed by atoms with E-state index in [-0.39, 0.29) is 16.4 Å². The highest BCUT2D eigenvalue weighted by molar-refractivity contribution is 7.86. The molecule has 9 nitrogen and oxygen atoms in total. The van der Waals surface area contributed by atoms with Gasteiger partial charge in [-0.3, -0.25) is 5.41 Å². The minimum Gasteiger partial charge on any atom is -0.504 e. The third-order valence-electron chi connectivity index (χ3n) is 3.20. The lowest BCUT2D eigenvalue weighted by atomic mass is 10.2. The van der Waals surface area contributed by atoms with Gasteiger partial charge in [-0.2, -0.15) is 8.42 Å². The van der Waals surface area contributed by atoms with Gasteiger partial charge >= 0.3 is 10.1 Å². The van der Waals surface area contributed by atoms with Gasteiger partial charge in [0.1, 0.15) is 0 Å². The lowest BCUT2D eigenvalue weighted by Gasteiger charge is -2.15. The average molecular weight is 378 g/mol. The number of hydrogen-bond donors (Lipinski definition) is 3. The summed E-state index contributed by atoms with van der Waals surface area (Å²) >= 11 is 0. The number of nitrogens with one attached hydrogen (secondary N) is 1. The van der Waals surface area contributed by atoms with Crippen LogP contribution in [0.15, 0.2) is 52.5 Å². The number of guanidine groups is 1. The highest BCUT2D eigenvalue weighted by Gasteiger charge is 2.21. The van der Waals surface area contributed by atoms with Crippen LogP contribution in [0, 0.1) is 12.3 Å². The van der Waals surface area contributed by atoms with Crippen LogP contribution in [0.4, 0.5) is 0 Å². The Morgan fingerprint density at radius 3 is 2.46 bits per heavy atom. The van der Waals surface area contributed by atoms with E-state index in [1.807, 2.05) is 6.92 Å². The zero-order valence-electron chi connectivity index (χ0n) is 14.1. The molecule has 0 radical (unpaired) electrons. The molecule has 2 rings (SSSR count). The van der Waals surface area contributed by atoms with Gasteiger partial charge in [0.05, 0.1) is 18.2 Å². The van der Waals surface area contributed by atoms with Crippen LogP contribution in [-0.2, 0) is 14.4 Å². The van der Waals surface area contributed by atoms with Gasteiger partial charge in [-0.1, -0.05) is 22.9 Å². The largest absolute Gasteiger partial charge is 0.504 e. The molecule has 4 N–H and O–H groups in total. The number of aryl methyl sites for hydroxylation is 1. The Labute approximate surface area is 150 Å². The number of aromatic hydroxyl groups is 1. The zero-order valence-corrected chi connectivity index (χ0v) is 14.9. The van der Waals surface area contributed by atoms with Crippen LogP contribution in [0.3, 0.4) is 0 Å². The molecule has 10 heteroatoms. The number of rotatable bonds is 6. The molecule has 0 heterocycles. The molecule has 0 amide bonds. The topological polar surface area (TPSA) is 138 Å². The van der Waals surface area contributed by atoms with Crippen LogP contribution < -0.4 is 10.5 Å². The molecule has 0 saturated carbocycles. The van der Waals surface area contributed by atoms with Crippen molar-refractivity contribution in [2.24, 2.45) is 10.8 Å². The fourth-order valence-corrected chi connectivity index (χ4v) is 2.73. The molecule has 0 spiro atoms. The number of methoxy groups -OCH3 is 1. The number of benzene rings is 2. The lowest BCUT2D eigenvalue weighted by molar-refractivity contribution is 0.0284. The Morgan fingerprint density at radius 2 is 1.92 bits per heavy atom. The van der Waals surface area contributed by atoms with E-state index < -0.39 is 16.1 Å². The van der Waals surface area contributed by atoms with Gasteiger partial charge in [0.15, 0.2) is 11.5 Å². The molecule has 138 valence electrons. The second-order valence-corrected chi connectivity index (χ2v) is 6.70. The fourth-order valence-electron chi connectivity index (χ4n) is 1.87. The molecular formula is C16H18N4O5S. The summed E-state index contributed by atoms with van der Waals surface area (Å²) in [6.07, 6.45) is 1.17. The van der Waals surface area contributed by atoms with E-state index in [1.54, 1.807) is 18.2 Å². The van der Waals surface area contributed by atoms with Crippen LogP contribution >= 0.6 is 0 Å². The molecule has 0 atom stereocenters. The standard InChI is InChI=1S/C16H18N4O5S/c1-11-3-6-13(7-4-11)26(22,23)25-20(16(17)18)19-10-12-5-8-15(24-2)14(21)9-12/h3-10,21H,1-2H3,(H3,17,18). The lowest BCUT2D eigenvalue weighted by Crippen LogP contribution is -2.34. The van der Waals surface area contributed by atoms with Crippen LogP contribution in [-0.4, -0.2) is 38.0 Å². The third kappa shape index (κ3) is 4.71. The Kier molecular flexibility index (Phi) is 5.80. The monoisotopic (exact) mass is 378 g/mol. The maximum absolute atomic E-state index is 12.3. The zero-order chi connectivity index (χ0) is 19.3. The first-order valence-electron chi connectivity index (χ1n) is 7.29. The number of phenolic OH excluding ortho intramolecular Hbond substituents is 1. The highest BCUT2D eigenvalue weighted by atomic mass is 32.2. The van der Waals surface area contributed by atoms with E-state index in [1.165, 1.54) is 37.6 Å². The van der Waals surface area contributed by atoms with E-state index in [0.717, 1.165) is 5.56 Å². The SMILES string of the molecule is COc1ccc(C=NN(OS(=O)(=O)c2ccc(C)cc2)C(=N)N)cc1O. The van der Waals surface area contributed by atoms with Gasteiger partial charge in [0.2, 0.25) is 5.96 Å². The summed E-state index contributed by atoms with van der Waals surface area (Å²) in [7, 11) is -2.82. The van der Waals surface area contributed by atoms with Gasteiger partial charge in [-0.15, -0.1) is 9.39 Å². The van der Waals surface area contributed by atoms with Crippen LogP contribution in [0.1, 0.15) is 11.1 Å². The van der Waals surface area contributed by atoms with Crippen LogP contribution in [0.5, 0.6) is 11.5 Å². The van der Waals surface area contributed by atoms with E-state index >= 15 is 0 Å². The van der Waals surface area contributed by atoms with Gasteiger partial charge in [-0.05, 0) is 42.8 Å². The Bertz CT molecular complexity index is 926. The number of hydrogen-bond acceptors (Lipinski definition) is 7. The summed E-state index contributed by atoms with van der Waals surface area (Å²) in [4.78, 5) is -0.105. The van der Waals surface area contributed by atoms with Crippen LogP contribution in [0.25, 0.3) is 0 Å². The molecule has 26 heavy (non-hydrogen) atoms. The minimum atomic E-state index is -4.22. The number of nitrogens with two attached hydrogens (primary N) is 1. The van der Waals surface area contributed by atoms with Crippen molar-refractivity contribution < 1.29 is 22.5 Å². The average Bonchev–Trinajstić information content (AvgIpc) is 2.59. The number of hydrazone groups is 1. The maximum Gasteiger partial charge on any atom is 0.319 e. The van der Waals surface area contributed by atoms with Crippen molar-refractivity contribution in [1.82, 2.24) is 5.17 Å². The summed E-state index contributed by atoms with van der Waals surface area (Å²) in [6.45, 7) is 1.81. The molecule has 2 aromatic carbocycles. The van der Waals surface area contributed by atoms with Gasteiger partial charge < -0.3 is 15.6 Å². The van der Waals surface area contributed by atoms with Crippen molar-refractivity contribution in [2.45, 2.75) is 11.8 Å². The number of phenols is 1. The first kappa shape index (κ1) is 19.2. The van der Waals surface area contributed by atoms with Crippen molar-refractivity contribution in [3.05, 3.63) is 53.6 Å². The maximum atomic E-state index is 12.3. The Morgan fingerprint density at radius 1 is 1.27 bits per heavy atom. The smallest absolute Gasteiger partial charge is 0.319 e. The second kappa shape index (κ2) is 7.85. The summed E-state index contributed by atoms with van der Waals surface area (Å²) < 4.78 is 34.2. The summed E-state index contributed by atoms with van der Waals surface area (Å²) in [5, 5.41) is 21.2. The van der Waals surface area contributed by atoms with Gasteiger partial charge in [-0.25, -0.2) is 0 Å². The molecule has 0 aliphatic heterocycles. The first-order chi connectivity index (χ1) is 12.2. The van der Waals surface area contributed by atoms with E-state index in [4.69, 9.17) is 20.2 Å². The number of nitrogens with zero attached hydrogens (tertiary/aromatic N) is 2. The Hall–Kier alpha value is -3.11. The quantitative estimate of drug-likeness (QED) is 0.394. The highest BCUT2D eigenvalue weighted by Crippen LogP contribution is 2.25. The van der Waals surface area contributed by atoms with E-state index in [2.05, 4.69) is 5.10 Å². The molecule has 0 aliphatic carbocycles. The third-order valence-corrected chi connectivity index (χ3v) is 4.39. The molecule has 0 aliphatic rings. The molecule has 0 aromatic heterocycles. The fraction of sp³-hybridized carbons (Fsp3) is 0.125. The Balaban J connectivity index is 2.22. The van der Waals surface area contributed by atoms with Crippen molar-refractivity contribution >= 4 is 22.3 Å². The predicted octanol–water partition coefficient (Wildman–Crippen LogP) is 1.56. The van der Waals surface area contributed by atoms with Crippen molar-refractivity contribution in [1.29, 1.82) is 5.41 Å². The molecule has 2 aromatic rings. The molecule has 0 unspecified atom stereocenters. The summed E-state index contributed by atoms with van der Waals surface area (Å²) in [6, 6.07) is 10.4. The first-order valence-corrected chi connectivity index (χ1v) is 8.70. The van der Waals surface area contributed by atoms with Gasteiger partial charge in [0, 0.05) is 0 Å². The number of hydroxylamine groups is 1.